The smallest absolute Gasteiger partial charge is 0.234 e. The first-order valence-corrected chi connectivity index (χ1v) is 8.49. The molecule has 1 aliphatic heterocycles. The number of rotatable bonds is 5. The van der Waals surface area contributed by atoms with E-state index in [1.54, 1.807) is 11.3 Å². The fourth-order valence-electron chi connectivity index (χ4n) is 2.68. The molecule has 0 saturated carbocycles. The number of thiophene rings is 1. The summed E-state index contributed by atoms with van der Waals surface area (Å²) in [4.78, 5) is 15.8. The molecule has 1 atom stereocenters. The van der Waals surface area contributed by atoms with Crippen molar-refractivity contribution in [2.75, 3.05) is 19.6 Å². The van der Waals surface area contributed by atoms with Gasteiger partial charge in [0, 0.05) is 4.88 Å². The summed E-state index contributed by atoms with van der Waals surface area (Å²) in [7, 11) is 0. The zero-order valence-corrected chi connectivity index (χ0v) is 13.6. The molecule has 1 saturated heterocycles. The highest BCUT2D eigenvalue weighted by atomic mass is 32.1. The van der Waals surface area contributed by atoms with E-state index in [0.29, 0.717) is 12.5 Å². The van der Waals surface area contributed by atoms with Gasteiger partial charge in [-0.15, -0.1) is 11.3 Å². The molecule has 0 bridgehead atoms. The Balaban J connectivity index is 1.86. The Bertz CT molecular complexity index is 408. The van der Waals surface area contributed by atoms with Crippen molar-refractivity contribution in [3.8, 4) is 0 Å². The highest BCUT2D eigenvalue weighted by molar-refractivity contribution is 7.10. The Morgan fingerprint density at radius 2 is 2.15 bits per heavy atom. The minimum absolute atomic E-state index is 0.145. The Morgan fingerprint density at radius 1 is 1.45 bits per heavy atom. The van der Waals surface area contributed by atoms with Crippen molar-refractivity contribution >= 4 is 17.2 Å². The first kappa shape index (κ1) is 15.5. The quantitative estimate of drug-likeness (QED) is 0.904. The van der Waals surface area contributed by atoms with E-state index in [4.69, 9.17) is 0 Å². The van der Waals surface area contributed by atoms with Gasteiger partial charge in [0.25, 0.3) is 0 Å². The van der Waals surface area contributed by atoms with Crippen LogP contribution in [-0.4, -0.2) is 30.4 Å². The Kier molecular flexibility index (Phi) is 5.61. The summed E-state index contributed by atoms with van der Waals surface area (Å²) in [6.07, 6.45) is 2.43. The maximum atomic E-state index is 12.3. The van der Waals surface area contributed by atoms with E-state index in [-0.39, 0.29) is 11.9 Å². The number of amides is 1. The van der Waals surface area contributed by atoms with E-state index in [1.807, 2.05) is 6.07 Å². The molecule has 0 unspecified atom stereocenters. The Labute approximate surface area is 126 Å². The van der Waals surface area contributed by atoms with E-state index in [9.17, 15) is 4.79 Å². The predicted octanol–water partition coefficient (Wildman–Crippen LogP) is 3.29. The fourth-order valence-corrected chi connectivity index (χ4v) is 3.63. The second-order valence-electron chi connectivity index (χ2n) is 6.26. The van der Waals surface area contributed by atoms with Crippen LogP contribution < -0.4 is 5.32 Å². The number of hydrogen-bond acceptors (Lipinski definition) is 3. The molecule has 4 heteroatoms. The summed E-state index contributed by atoms with van der Waals surface area (Å²) < 4.78 is 0. The van der Waals surface area contributed by atoms with Crippen molar-refractivity contribution in [3.63, 3.8) is 0 Å². The van der Waals surface area contributed by atoms with Crippen LogP contribution in [0.15, 0.2) is 17.5 Å². The van der Waals surface area contributed by atoms with Gasteiger partial charge in [-0.3, -0.25) is 9.69 Å². The highest BCUT2D eigenvalue weighted by Gasteiger charge is 2.22. The third-order valence-corrected chi connectivity index (χ3v) is 5.03. The van der Waals surface area contributed by atoms with Crippen molar-refractivity contribution in [2.45, 2.75) is 39.7 Å². The van der Waals surface area contributed by atoms with E-state index < -0.39 is 0 Å². The summed E-state index contributed by atoms with van der Waals surface area (Å²) in [5.41, 5.74) is 0. The molecular weight excluding hydrogens is 268 g/mol. The average molecular weight is 294 g/mol. The number of carbonyl (C=O) groups excluding carboxylic acids is 1. The molecule has 0 spiro atoms. The van der Waals surface area contributed by atoms with Gasteiger partial charge in [-0.2, -0.15) is 0 Å². The van der Waals surface area contributed by atoms with Crippen molar-refractivity contribution in [3.05, 3.63) is 22.4 Å². The topological polar surface area (TPSA) is 32.3 Å². The molecule has 1 aromatic rings. The molecule has 0 aliphatic carbocycles. The molecule has 2 heterocycles. The number of nitrogens with one attached hydrogen (secondary N) is 1. The monoisotopic (exact) mass is 294 g/mol. The number of hydrogen-bond donors (Lipinski definition) is 1. The van der Waals surface area contributed by atoms with Crippen molar-refractivity contribution < 1.29 is 4.79 Å². The van der Waals surface area contributed by atoms with Gasteiger partial charge in [0.05, 0.1) is 12.6 Å². The van der Waals surface area contributed by atoms with Gasteiger partial charge < -0.3 is 5.32 Å². The van der Waals surface area contributed by atoms with Crippen LogP contribution in [0.3, 0.4) is 0 Å². The van der Waals surface area contributed by atoms with Gasteiger partial charge in [-0.05, 0) is 49.2 Å². The number of carbonyl (C=O) groups is 1. The lowest BCUT2D eigenvalue weighted by Crippen LogP contribution is -2.42. The molecule has 1 aliphatic rings. The normalized spacial score (nSPS) is 19.2. The zero-order chi connectivity index (χ0) is 14.5. The highest BCUT2D eigenvalue weighted by Crippen LogP contribution is 2.25. The van der Waals surface area contributed by atoms with Gasteiger partial charge in [-0.1, -0.05) is 26.8 Å². The summed E-state index contributed by atoms with van der Waals surface area (Å²) in [6.45, 7) is 9.27. The third kappa shape index (κ3) is 4.32. The van der Waals surface area contributed by atoms with E-state index in [2.05, 4.69) is 42.4 Å². The van der Waals surface area contributed by atoms with E-state index in [0.717, 1.165) is 19.0 Å². The lowest BCUT2D eigenvalue weighted by Gasteiger charge is -2.30. The van der Waals surface area contributed by atoms with Crippen LogP contribution in [0.5, 0.6) is 0 Å². The van der Waals surface area contributed by atoms with Gasteiger partial charge in [0.15, 0.2) is 0 Å². The van der Waals surface area contributed by atoms with E-state index in [1.165, 1.54) is 17.7 Å². The van der Waals surface area contributed by atoms with Crippen LogP contribution in [0.25, 0.3) is 0 Å². The molecule has 1 aromatic heterocycles. The largest absolute Gasteiger partial charge is 0.347 e. The Morgan fingerprint density at radius 3 is 2.70 bits per heavy atom. The lowest BCUT2D eigenvalue weighted by atomic mass is 9.99. The van der Waals surface area contributed by atoms with Crippen molar-refractivity contribution in [2.24, 2.45) is 11.8 Å². The molecule has 0 radical (unpaired) electrons. The van der Waals surface area contributed by atoms with Crippen LogP contribution >= 0.6 is 11.3 Å². The minimum atomic E-state index is 0.145. The van der Waals surface area contributed by atoms with Gasteiger partial charge >= 0.3 is 0 Å². The number of piperidine rings is 1. The maximum Gasteiger partial charge on any atom is 0.234 e. The molecule has 1 amide bonds. The zero-order valence-electron chi connectivity index (χ0n) is 12.8. The Hall–Kier alpha value is -0.870. The second-order valence-corrected chi connectivity index (χ2v) is 7.24. The SMILES string of the molecule is CC1CCN(CC(=O)N[C@@H](c2cccs2)C(C)C)CC1. The van der Waals surface area contributed by atoms with Crippen molar-refractivity contribution in [1.82, 2.24) is 10.2 Å². The first-order chi connectivity index (χ1) is 9.56. The van der Waals surface area contributed by atoms with Gasteiger partial charge in [0.1, 0.15) is 0 Å². The van der Waals surface area contributed by atoms with E-state index >= 15 is 0 Å². The molecule has 112 valence electrons. The standard InChI is InChI=1S/C16H26N2OS/c1-12(2)16(14-5-4-10-20-14)17-15(19)11-18-8-6-13(3)7-9-18/h4-5,10,12-13,16H,6-9,11H2,1-3H3,(H,17,19)/t16-/m1/s1. The molecule has 3 nitrogen and oxygen atoms in total. The minimum Gasteiger partial charge on any atom is -0.347 e. The molecular formula is C16H26N2OS. The molecule has 1 N–H and O–H groups in total. The van der Waals surface area contributed by atoms with Crippen molar-refractivity contribution in [1.29, 1.82) is 0 Å². The molecule has 1 fully saturated rings. The van der Waals surface area contributed by atoms with Crippen LogP contribution in [0.2, 0.25) is 0 Å². The van der Waals surface area contributed by atoms with Gasteiger partial charge in [0.2, 0.25) is 5.91 Å². The summed E-state index contributed by atoms with van der Waals surface area (Å²) in [5, 5.41) is 5.28. The fraction of sp³-hybridized carbons (Fsp3) is 0.688. The van der Waals surface area contributed by atoms with Crippen LogP contribution in [0.1, 0.15) is 44.5 Å². The maximum absolute atomic E-state index is 12.3. The predicted molar refractivity (Wildman–Crippen MR) is 84.9 cm³/mol. The summed E-state index contributed by atoms with van der Waals surface area (Å²) in [5.74, 6) is 1.38. The van der Waals surface area contributed by atoms with Crippen LogP contribution in [0, 0.1) is 11.8 Å². The lowest BCUT2D eigenvalue weighted by molar-refractivity contribution is -0.123. The van der Waals surface area contributed by atoms with Crippen LogP contribution in [0.4, 0.5) is 0 Å². The summed E-state index contributed by atoms with van der Waals surface area (Å²) >= 11 is 1.72. The average Bonchev–Trinajstić information content (AvgIpc) is 2.92. The molecule has 2 rings (SSSR count). The second kappa shape index (κ2) is 7.23. The number of nitrogens with zero attached hydrogens (tertiary/aromatic N) is 1. The third-order valence-electron chi connectivity index (χ3n) is 4.08. The first-order valence-electron chi connectivity index (χ1n) is 7.61. The van der Waals surface area contributed by atoms with Crippen LogP contribution in [-0.2, 0) is 4.79 Å². The summed E-state index contributed by atoms with van der Waals surface area (Å²) in [6, 6.07) is 4.30. The van der Waals surface area contributed by atoms with Gasteiger partial charge in [-0.25, -0.2) is 0 Å². The molecule has 0 aromatic carbocycles. The molecule has 20 heavy (non-hydrogen) atoms. The number of likely N-dealkylation sites (tertiary alicyclic amines) is 1.